The number of ether oxygens (including phenoxy) is 1. The van der Waals surface area contributed by atoms with Crippen LogP contribution < -0.4 is 10.0 Å². The van der Waals surface area contributed by atoms with Crippen LogP contribution in [-0.4, -0.2) is 18.2 Å². The number of carbonyl (C=O) groups excluding carboxylic acids is 2. The maximum absolute atomic E-state index is 14.3. The van der Waals surface area contributed by atoms with Crippen LogP contribution in [0.4, 0.5) is 0 Å². The second-order valence-electron chi connectivity index (χ2n) is 6.43. The van der Waals surface area contributed by atoms with Gasteiger partial charge in [0.2, 0.25) is 18.2 Å². The second kappa shape index (κ2) is 8.95. The largest absolute Gasteiger partial charge is 0.496 e. The van der Waals surface area contributed by atoms with Gasteiger partial charge in [0.15, 0.2) is 0 Å². The van der Waals surface area contributed by atoms with E-state index in [1.807, 2.05) is 0 Å². The molecular weight excluding hydrogens is 466 g/mol. The summed E-state index contributed by atoms with van der Waals surface area (Å²) >= 11 is 18.8. The fourth-order valence-corrected chi connectivity index (χ4v) is 6.34. The minimum absolute atomic E-state index is 0.00526. The lowest BCUT2D eigenvalue weighted by Crippen LogP contribution is -2.21. The SMILES string of the molecule is COc1cccc(Cl)c1C(=O)P(=O)(C(=O)c1c(Cl)ccc(C)c1Cl)c1ccccc1. The molecule has 1 atom stereocenters. The molecule has 0 spiro atoms. The lowest BCUT2D eigenvalue weighted by molar-refractivity contribution is 0.104. The van der Waals surface area contributed by atoms with Crippen molar-refractivity contribution in [2.45, 2.75) is 6.92 Å². The number of halogens is 3. The van der Waals surface area contributed by atoms with Crippen molar-refractivity contribution >= 4 is 58.3 Å². The molecule has 154 valence electrons. The molecule has 3 rings (SSSR count). The Morgan fingerprint density at radius 3 is 2.03 bits per heavy atom. The van der Waals surface area contributed by atoms with Gasteiger partial charge in [0, 0.05) is 5.30 Å². The van der Waals surface area contributed by atoms with Gasteiger partial charge in [0.1, 0.15) is 5.75 Å². The average Bonchev–Trinajstić information content (AvgIpc) is 2.75. The first-order chi connectivity index (χ1) is 14.2. The number of methoxy groups -OCH3 is 1. The van der Waals surface area contributed by atoms with Crippen LogP contribution in [0.25, 0.3) is 0 Å². The Labute approximate surface area is 189 Å². The van der Waals surface area contributed by atoms with Gasteiger partial charge in [-0.3, -0.25) is 9.59 Å². The molecule has 0 aliphatic rings. The molecule has 0 fully saturated rings. The van der Waals surface area contributed by atoms with Gasteiger partial charge in [-0.15, -0.1) is 0 Å². The molecule has 4 nitrogen and oxygen atoms in total. The zero-order valence-corrected chi connectivity index (χ0v) is 19.1. The maximum Gasteiger partial charge on any atom is 0.249 e. The summed E-state index contributed by atoms with van der Waals surface area (Å²) < 4.78 is 19.6. The molecule has 0 saturated heterocycles. The van der Waals surface area contributed by atoms with Crippen LogP contribution in [0.15, 0.2) is 60.7 Å². The normalized spacial score (nSPS) is 12.8. The van der Waals surface area contributed by atoms with Crippen molar-refractivity contribution in [2.24, 2.45) is 0 Å². The highest BCUT2D eigenvalue weighted by Gasteiger charge is 2.46. The molecule has 0 radical (unpaired) electrons. The molecule has 0 aromatic heterocycles. The topological polar surface area (TPSA) is 60.4 Å². The minimum atomic E-state index is -4.45. The monoisotopic (exact) mass is 480 g/mol. The second-order valence-corrected chi connectivity index (χ2v) is 10.2. The van der Waals surface area contributed by atoms with Crippen LogP contribution in [0, 0.1) is 6.92 Å². The van der Waals surface area contributed by atoms with Crippen molar-refractivity contribution in [3.8, 4) is 5.75 Å². The van der Waals surface area contributed by atoms with Crippen molar-refractivity contribution in [1.29, 1.82) is 0 Å². The van der Waals surface area contributed by atoms with Crippen molar-refractivity contribution in [3.05, 3.63) is 92.4 Å². The summed E-state index contributed by atoms with van der Waals surface area (Å²) in [6.45, 7) is 1.68. The lowest BCUT2D eigenvalue weighted by Gasteiger charge is -2.20. The average molecular weight is 482 g/mol. The molecule has 0 amide bonds. The third-order valence-electron chi connectivity index (χ3n) is 4.60. The fraction of sp³-hybridized carbons (Fsp3) is 0.0909. The first kappa shape index (κ1) is 22.6. The highest BCUT2D eigenvalue weighted by Crippen LogP contribution is 2.54. The standard InChI is InChI=1S/C22H16Cl3O4P/c1-13-11-12-16(24)19(20(13)25)22(27)30(28,14-7-4-3-5-8-14)21(26)18-15(23)9-6-10-17(18)29-2/h3-12H,1-2H3. The van der Waals surface area contributed by atoms with E-state index >= 15 is 0 Å². The molecule has 0 N–H and O–H groups in total. The van der Waals surface area contributed by atoms with Crippen LogP contribution >= 0.6 is 41.9 Å². The highest BCUT2D eigenvalue weighted by molar-refractivity contribution is 8.01. The predicted octanol–water partition coefficient (Wildman–Crippen LogP) is 6.63. The summed E-state index contributed by atoms with van der Waals surface area (Å²) in [7, 11) is -3.10. The molecule has 0 saturated carbocycles. The van der Waals surface area contributed by atoms with E-state index in [0.717, 1.165) is 0 Å². The summed E-state index contributed by atoms with van der Waals surface area (Å²) in [6, 6.07) is 15.4. The zero-order chi connectivity index (χ0) is 22.1. The summed E-state index contributed by atoms with van der Waals surface area (Å²) in [6.07, 6.45) is 0. The van der Waals surface area contributed by atoms with E-state index in [1.54, 1.807) is 37.3 Å². The van der Waals surface area contributed by atoms with Gasteiger partial charge in [-0.25, -0.2) is 0 Å². The number of hydrogen-bond acceptors (Lipinski definition) is 4. The minimum Gasteiger partial charge on any atom is -0.496 e. The Kier molecular flexibility index (Phi) is 6.74. The summed E-state index contributed by atoms with van der Waals surface area (Å²) in [5.41, 5.74) is -1.65. The summed E-state index contributed by atoms with van der Waals surface area (Å²) in [5.74, 6) is 0.109. The first-order valence-corrected chi connectivity index (χ1v) is 11.6. The van der Waals surface area contributed by atoms with Gasteiger partial charge in [0.25, 0.3) is 0 Å². The Bertz CT molecular complexity index is 1190. The van der Waals surface area contributed by atoms with Crippen LogP contribution in [0.2, 0.25) is 15.1 Å². The predicted molar refractivity (Wildman–Crippen MR) is 122 cm³/mol. The van der Waals surface area contributed by atoms with E-state index in [-0.39, 0.29) is 37.2 Å². The summed E-state index contributed by atoms with van der Waals surface area (Å²) in [5, 5.41) is 0.119. The third-order valence-corrected chi connectivity index (χ3v) is 8.33. The Balaban J connectivity index is 2.33. The van der Waals surface area contributed by atoms with Crippen molar-refractivity contribution in [2.75, 3.05) is 7.11 Å². The van der Waals surface area contributed by atoms with Crippen molar-refractivity contribution in [1.82, 2.24) is 0 Å². The maximum atomic E-state index is 14.3. The molecule has 0 aliphatic heterocycles. The number of rotatable bonds is 6. The van der Waals surface area contributed by atoms with E-state index in [9.17, 15) is 14.2 Å². The molecule has 0 bridgehead atoms. The Morgan fingerprint density at radius 1 is 0.800 bits per heavy atom. The van der Waals surface area contributed by atoms with Gasteiger partial charge >= 0.3 is 0 Å². The number of carbonyl (C=O) groups is 2. The van der Waals surface area contributed by atoms with E-state index in [2.05, 4.69) is 0 Å². The van der Waals surface area contributed by atoms with Crippen molar-refractivity contribution < 1.29 is 18.9 Å². The molecule has 0 aliphatic carbocycles. The smallest absolute Gasteiger partial charge is 0.249 e. The molecule has 30 heavy (non-hydrogen) atoms. The van der Waals surface area contributed by atoms with E-state index in [1.165, 1.54) is 37.4 Å². The molecule has 1 unspecified atom stereocenters. The number of benzene rings is 3. The Morgan fingerprint density at radius 2 is 1.40 bits per heavy atom. The van der Waals surface area contributed by atoms with Gasteiger partial charge in [-0.1, -0.05) is 77.3 Å². The van der Waals surface area contributed by atoms with Gasteiger partial charge in [-0.2, -0.15) is 0 Å². The zero-order valence-electron chi connectivity index (χ0n) is 16.0. The molecule has 8 heteroatoms. The Hall–Kier alpha value is -2.10. The lowest BCUT2D eigenvalue weighted by atomic mass is 10.1. The fourth-order valence-electron chi connectivity index (χ4n) is 3.01. The molecular formula is C22H16Cl3O4P. The number of hydrogen-bond donors (Lipinski definition) is 0. The van der Waals surface area contributed by atoms with Gasteiger partial charge < -0.3 is 9.30 Å². The van der Waals surface area contributed by atoms with E-state index < -0.39 is 18.2 Å². The quantitative estimate of drug-likeness (QED) is 0.371. The summed E-state index contributed by atoms with van der Waals surface area (Å²) in [4.78, 5) is 27.3. The first-order valence-electron chi connectivity index (χ1n) is 8.76. The van der Waals surface area contributed by atoms with E-state index in [4.69, 9.17) is 39.5 Å². The molecule has 3 aromatic carbocycles. The van der Waals surface area contributed by atoms with Crippen LogP contribution in [0.3, 0.4) is 0 Å². The van der Waals surface area contributed by atoms with Gasteiger partial charge in [-0.05, 0) is 30.7 Å². The highest BCUT2D eigenvalue weighted by atomic mass is 35.5. The van der Waals surface area contributed by atoms with Crippen LogP contribution in [0.5, 0.6) is 5.75 Å². The van der Waals surface area contributed by atoms with Crippen LogP contribution in [0.1, 0.15) is 26.3 Å². The molecule has 3 aromatic rings. The molecule has 0 heterocycles. The third kappa shape index (κ3) is 3.81. The number of aryl methyl sites for hydroxylation is 1. The van der Waals surface area contributed by atoms with Crippen LogP contribution in [-0.2, 0) is 4.57 Å². The van der Waals surface area contributed by atoms with Gasteiger partial charge in [0.05, 0.1) is 33.3 Å². The van der Waals surface area contributed by atoms with E-state index in [0.29, 0.717) is 5.56 Å². The van der Waals surface area contributed by atoms with Crippen molar-refractivity contribution in [3.63, 3.8) is 0 Å².